The molecule has 0 spiro atoms. The summed E-state index contributed by atoms with van der Waals surface area (Å²) in [6, 6.07) is 10.9. The highest BCUT2D eigenvalue weighted by atomic mass is 79.9. The minimum atomic E-state index is 0.286. The lowest BCUT2D eigenvalue weighted by Crippen LogP contribution is -2.24. The second kappa shape index (κ2) is 6.92. The van der Waals surface area contributed by atoms with E-state index < -0.39 is 0 Å². The Hall–Kier alpha value is -1.06. The van der Waals surface area contributed by atoms with Gasteiger partial charge in [-0.3, -0.25) is 0 Å². The molecule has 0 saturated heterocycles. The Bertz CT molecular complexity index is 521. The van der Waals surface area contributed by atoms with Crippen LogP contribution in [0.25, 0.3) is 0 Å². The zero-order valence-corrected chi connectivity index (χ0v) is 13.0. The molecule has 0 aliphatic carbocycles. The predicted octanol–water partition coefficient (Wildman–Crippen LogP) is 4.63. The van der Waals surface area contributed by atoms with E-state index in [1.807, 2.05) is 6.07 Å². The van der Waals surface area contributed by atoms with Crippen LogP contribution < -0.4 is 5.32 Å². The molecule has 102 valence electrons. The van der Waals surface area contributed by atoms with Crippen LogP contribution in [-0.2, 0) is 6.42 Å². The van der Waals surface area contributed by atoms with Crippen LogP contribution in [0.2, 0.25) is 0 Å². The van der Waals surface area contributed by atoms with Crippen LogP contribution in [0, 0.1) is 6.92 Å². The summed E-state index contributed by atoms with van der Waals surface area (Å²) >= 11 is 3.48. The van der Waals surface area contributed by atoms with Crippen molar-refractivity contribution >= 4 is 15.9 Å². The van der Waals surface area contributed by atoms with Crippen LogP contribution in [0.1, 0.15) is 36.1 Å². The molecule has 3 heteroatoms. The van der Waals surface area contributed by atoms with E-state index in [1.54, 1.807) is 6.26 Å². The van der Waals surface area contributed by atoms with Gasteiger partial charge < -0.3 is 9.73 Å². The molecule has 2 rings (SSSR count). The number of nitrogens with one attached hydrogen (secondary N) is 1. The van der Waals surface area contributed by atoms with E-state index in [9.17, 15) is 0 Å². The first-order valence-electron chi connectivity index (χ1n) is 6.73. The van der Waals surface area contributed by atoms with E-state index in [1.165, 1.54) is 16.7 Å². The summed E-state index contributed by atoms with van der Waals surface area (Å²) in [5.74, 6) is 0. The first-order chi connectivity index (χ1) is 9.22. The van der Waals surface area contributed by atoms with Crippen molar-refractivity contribution in [3.05, 3.63) is 58.0 Å². The molecule has 0 saturated carbocycles. The van der Waals surface area contributed by atoms with Crippen molar-refractivity contribution in [1.29, 1.82) is 0 Å². The predicted molar refractivity (Wildman–Crippen MR) is 82.3 cm³/mol. The highest BCUT2D eigenvalue weighted by Gasteiger charge is 2.17. The molecule has 0 radical (unpaired) electrons. The number of rotatable bonds is 6. The maximum Gasteiger partial charge on any atom is 0.173 e. The lowest BCUT2D eigenvalue weighted by atomic mass is 9.97. The third-order valence-electron chi connectivity index (χ3n) is 3.35. The van der Waals surface area contributed by atoms with Gasteiger partial charge in [-0.05, 0) is 59.4 Å². The molecule has 0 bridgehead atoms. The summed E-state index contributed by atoms with van der Waals surface area (Å²) in [5.41, 5.74) is 3.91. The van der Waals surface area contributed by atoms with Crippen LogP contribution in [-0.4, -0.2) is 6.54 Å². The van der Waals surface area contributed by atoms with Crippen LogP contribution in [0.4, 0.5) is 0 Å². The first-order valence-corrected chi connectivity index (χ1v) is 7.52. The van der Waals surface area contributed by atoms with E-state index in [-0.39, 0.29) is 6.04 Å². The van der Waals surface area contributed by atoms with Gasteiger partial charge in [-0.25, -0.2) is 0 Å². The third-order valence-corrected chi connectivity index (χ3v) is 3.99. The monoisotopic (exact) mass is 321 g/mol. The van der Waals surface area contributed by atoms with Crippen LogP contribution >= 0.6 is 15.9 Å². The lowest BCUT2D eigenvalue weighted by molar-refractivity contribution is 0.497. The van der Waals surface area contributed by atoms with Crippen molar-refractivity contribution in [2.75, 3.05) is 6.54 Å². The van der Waals surface area contributed by atoms with Gasteiger partial charge in [-0.15, -0.1) is 0 Å². The topological polar surface area (TPSA) is 25.2 Å². The summed E-state index contributed by atoms with van der Waals surface area (Å²) in [5, 5.41) is 3.60. The van der Waals surface area contributed by atoms with Crippen LogP contribution in [0.15, 0.2) is 45.7 Å². The van der Waals surface area contributed by atoms with Crippen molar-refractivity contribution in [3.63, 3.8) is 0 Å². The maximum absolute atomic E-state index is 5.37. The Kier molecular flexibility index (Phi) is 5.23. The summed E-state index contributed by atoms with van der Waals surface area (Å²) in [4.78, 5) is 0. The fraction of sp³-hybridized carbons (Fsp3) is 0.375. The smallest absolute Gasteiger partial charge is 0.173 e. The van der Waals surface area contributed by atoms with Crippen LogP contribution in [0.5, 0.6) is 0 Å². The van der Waals surface area contributed by atoms with Gasteiger partial charge in [0.05, 0.1) is 6.26 Å². The number of benzene rings is 1. The van der Waals surface area contributed by atoms with Gasteiger partial charge in [0, 0.05) is 11.6 Å². The second-order valence-corrected chi connectivity index (χ2v) is 5.51. The first kappa shape index (κ1) is 14.4. The molecule has 1 N–H and O–H groups in total. The fourth-order valence-electron chi connectivity index (χ4n) is 2.22. The molecule has 1 aromatic carbocycles. The Morgan fingerprint density at radius 2 is 2.05 bits per heavy atom. The molecular formula is C16H20BrNO. The fourth-order valence-corrected chi connectivity index (χ4v) is 2.74. The Labute approximate surface area is 123 Å². The summed E-state index contributed by atoms with van der Waals surface area (Å²) < 4.78 is 6.20. The average molecular weight is 322 g/mol. The van der Waals surface area contributed by atoms with Crippen LogP contribution in [0.3, 0.4) is 0 Å². The number of halogens is 1. The van der Waals surface area contributed by atoms with Crippen molar-refractivity contribution < 1.29 is 4.42 Å². The molecule has 1 unspecified atom stereocenters. The van der Waals surface area contributed by atoms with E-state index in [0.29, 0.717) is 0 Å². The van der Waals surface area contributed by atoms with E-state index in [4.69, 9.17) is 4.42 Å². The Morgan fingerprint density at radius 1 is 1.26 bits per heavy atom. The molecule has 0 aliphatic heterocycles. The number of hydrogen-bond donors (Lipinski definition) is 1. The quantitative estimate of drug-likeness (QED) is 0.838. The molecule has 1 heterocycles. The SMILES string of the molecule is CCCNC(Cc1ccccc1C)c1ccoc1Br. The Morgan fingerprint density at radius 3 is 2.68 bits per heavy atom. The number of hydrogen-bond acceptors (Lipinski definition) is 2. The van der Waals surface area contributed by atoms with Gasteiger partial charge in [0.15, 0.2) is 4.67 Å². The third kappa shape index (κ3) is 3.71. The zero-order valence-electron chi connectivity index (χ0n) is 11.4. The summed E-state index contributed by atoms with van der Waals surface area (Å²) in [6.07, 6.45) is 3.84. The Balaban J connectivity index is 2.19. The number of furan rings is 1. The van der Waals surface area contributed by atoms with E-state index in [0.717, 1.165) is 24.1 Å². The molecule has 1 aromatic heterocycles. The van der Waals surface area contributed by atoms with Gasteiger partial charge in [0.2, 0.25) is 0 Å². The van der Waals surface area contributed by atoms with Gasteiger partial charge in [-0.1, -0.05) is 31.2 Å². The van der Waals surface area contributed by atoms with E-state index in [2.05, 4.69) is 59.4 Å². The second-order valence-electron chi connectivity index (χ2n) is 4.79. The minimum Gasteiger partial charge on any atom is -0.457 e. The summed E-state index contributed by atoms with van der Waals surface area (Å²) in [7, 11) is 0. The van der Waals surface area contributed by atoms with E-state index >= 15 is 0 Å². The zero-order chi connectivity index (χ0) is 13.7. The van der Waals surface area contributed by atoms with Gasteiger partial charge in [0.1, 0.15) is 0 Å². The largest absolute Gasteiger partial charge is 0.457 e. The molecule has 1 atom stereocenters. The van der Waals surface area contributed by atoms with Gasteiger partial charge >= 0.3 is 0 Å². The molecule has 2 aromatic rings. The molecular weight excluding hydrogens is 302 g/mol. The lowest BCUT2D eigenvalue weighted by Gasteiger charge is -2.19. The molecule has 0 fully saturated rings. The summed E-state index contributed by atoms with van der Waals surface area (Å²) in [6.45, 7) is 5.35. The van der Waals surface area contributed by atoms with Crippen molar-refractivity contribution in [3.8, 4) is 0 Å². The minimum absolute atomic E-state index is 0.286. The molecule has 0 aliphatic rings. The van der Waals surface area contributed by atoms with Crippen molar-refractivity contribution in [1.82, 2.24) is 5.32 Å². The average Bonchev–Trinajstić information content (AvgIpc) is 2.83. The standard InChI is InChI=1S/C16H20BrNO/c1-3-9-18-15(14-8-10-19-16(14)17)11-13-7-5-4-6-12(13)2/h4-8,10,15,18H,3,9,11H2,1-2H3. The molecule has 19 heavy (non-hydrogen) atoms. The van der Waals surface area contributed by atoms with Crippen molar-refractivity contribution in [2.24, 2.45) is 0 Å². The normalized spacial score (nSPS) is 12.6. The number of aryl methyl sites for hydroxylation is 1. The van der Waals surface area contributed by atoms with Crippen molar-refractivity contribution in [2.45, 2.75) is 32.7 Å². The molecule has 0 amide bonds. The van der Waals surface area contributed by atoms with Gasteiger partial charge in [-0.2, -0.15) is 0 Å². The highest BCUT2D eigenvalue weighted by Crippen LogP contribution is 2.28. The van der Waals surface area contributed by atoms with Gasteiger partial charge in [0.25, 0.3) is 0 Å². The highest BCUT2D eigenvalue weighted by molar-refractivity contribution is 9.10. The maximum atomic E-state index is 5.37. The molecule has 2 nitrogen and oxygen atoms in total.